The fourth-order valence-electron chi connectivity index (χ4n) is 0.608. The monoisotopic (exact) mass is 292 g/mol. The van der Waals surface area contributed by atoms with E-state index in [1.54, 1.807) is 0 Å². The van der Waals surface area contributed by atoms with Crippen molar-refractivity contribution < 1.29 is 9.90 Å². The molecule has 0 saturated heterocycles. The van der Waals surface area contributed by atoms with Gasteiger partial charge in [-0.1, -0.05) is 23.2 Å². The first-order chi connectivity index (χ1) is 4.46. The molecule has 0 amide bonds. The lowest BCUT2D eigenvalue weighted by molar-refractivity contribution is -0.115. The Balaban J connectivity index is 2.98. The fourth-order valence-corrected chi connectivity index (χ4v) is 2.07. The Morgan fingerprint density at radius 2 is 2.20 bits per heavy atom. The molecule has 0 aromatic heterocycles. The number of hydrogen-bond acceptors (Lipinski definition) is 2. The molecule has 1 N–H and O–H groups in total. The van der Waals surface area contributed by atoms with E-state index < -0.39 is 16.2 Å². The van der Waals surface area contributed by atoms with Crippen LogP contribution in [0.5, 0.6) is 0 Å². The maximum absolute atomic E-state index is 10.8. The van der Waals surface area contributed by atoms with Crippen molar-refractivity contribution in [2.24, 2.45) is 0 Å². The average molecular weight is 293 g/mol. The van der Waals surface area contributed by atoms with Crippen LogP contribution in [0.2, 0.25) is 0 Å². The first kappa shape index (κ1) is 8.77. The molecular formula is C5H3Cl2IO2. The van der Waals surface area contributed by atoms with E-state index >= 15 is 0 Å². The topological polar surface area (TPSA) is 37.3 Å². The van der Waals surface area contributed by atoms with Crippen LogP contribution in [0, 0.1) is 0 Å². The van der Waals surface area contributed by atoms with Gasteiger partial charge in [0.05, 0.1) is 0 Å². The number of rotatable bonds is 0. The second-order valence-corrected chi connectivity index (χ2v) is 4.55. The van der Waals surface area contributed by atoms with Crippen LogP contribution in [0.1, 0.15) is 0 Å². The largest absolute Gasteiger partial charge is 0.384 e. The molecule has 0 spiro atoms. The first-order valence-electron chi connectivity index (χ1n) is 2.43. The van der Waals surface area contributed by atoms with Crippen molar-refractivity contribution in [1.29, 1.82) is 0 Å². The van der Waals surface area contributed by atoms with E-state index in [-0.39, 0.29) is 0 Å². The number of aliphatic hydroxyl groups is 1. The number of alkyl halides is 2. The minimum Gasteiger partial charge on any atom is -0.384 e. The molecule has 1 aliphatic carbocycles. The molecule has 1 unspecified atom stereocenters. The predicted molar refractivity (Wildman–Crippen MR) is 47.6 cm³/mol. The second-order valence-electron chi connectivity index (χ2n) is 1.92. The molecule has 1 rings (SSSR count). The van der Waals surface area contributed by atoms with Gasteiger partial charge in [-0.2, -0.15) is 0 Å². The first-order valence-corrected chi connectivity index (χ1v) is 4.27. The lowest BCUT2D eigenvalue weighted by Gasteiger charge is -2.15. The SMILES string of the molecule is O=C1C=C(I)C(O)C1(Cl)Cl. The molecule has 2 nitrogen and oxygen atoms in total. The number of allylic oxidation sites excluding steroid dienone is 1. The number of carbonyl (C=O) groups is 1. The minimum absolute atomic E-state index is 0.451. The molecule has 56 valence electrons. The van der Waals surface area contributed by atoms with Crippen LogP contribution in [0.3, 0.4) is 0 Å². The second kappa shape index (κ2) is 2.62. The van der Waals surface area contributed by atoms with Gasteiger partial charge < -0.3 is 5.11 Å². The summed E-state index contributed by atoms with van der Waals surface area (Å²) in [6.07, 6.45) is 0.175. The third-order valence-corrected chi connectivity index (χ3v) is 2.89. The number of aliphatic hydroxyl groups excluding tert-OH is 1. The van der Waals surface area contributed by atoms with Crippen LogP contribution in [-0.4, -0.2) is 21.3 Å². The predicted octanol–water partition coefficient (Wildman–Crippen LogP) is 1.42. The molecule has 5 heteroatoms. The summed E-state index contributed by atoms with van der Waals surface area (Å²) in [5, 5.41) is 9.14. The van der Waals surface area contributed by atoms with Crippen molar-refractivity contribution in [1.82, 2.24) is 0 Å². The van der Waals surface area contributed by atoms with E-state index in [2.05, 4.69) is 0 Å². The van der Waals surface area contributed by atoms with Gasteiger partial charge in [0.2, 0.25) is 4.33 Å². The van der Waals surface area contributed by atoms with E-state index in [0.717, 1.165) is 0 Å². The summed E-state index contributed by atoms with van der Waals surface area (Å²) in [5.74, 6) is -0.451. The normalized spacial score (nSPS) is 30.6. The molecule has 0 saturated carbocycles. The van der Waals surface area contributed by atoms with Crippen molar-refractivity contribution in [3.63, 3.8) is 0 Å². The number of halogens is 3. The molecule has 0 aromatic carbocycles. The highest BCUT2D eigenvalue weighted by molar-refractivity contribution is 14.1. The zero-order chi connectivity index (χ0) is 7.94. The molecule has 0 aliphatic heterocycles. The Hall–Kier alpha value is 0.680. The van der Waals surface area contributed by atoms with Gasteiger partial charge in [0, 0.05) is 3.58 Å². The Bertz CT molecular complexity index is 212. The van der Waals surface area contributed by atoms with E-state index in [1.165, 1.54) is 6.08 Å². The Kier molecular flexibility index (Phi) is 2.30. The molecule has 10 heavy (non-hydrogen) atoms. The van der Waals surface area contributed by atoms with Crippen LogP contribution in [0.25, 0.3) is 0 Å². The van der Waals surface area contributed by atoms with Gasteiger partial charge in [0.25, 0.3) is 0 Å². The summed E-state index contributed by atoms with van der Waals surface area (Å²) < 4.78 is -1.18. The standard InChI is InChI=1S/C5H3Cl2IO2/c6-5(7)3(9)1-2(8)4(5)10/h1,4,10H. The van der Waals surface area contributed by atoms with Gasteiger partial charge in [-0.15, -0.1) is 0 Å². The summed E-state index contributed by atoms with van der Waals surface area (Å²) in [5.41, 5.74) is 0. The Morgan fingerprint density at radius 1 is 1.70 bits per heavy atom. The van der Waals surface area contributed by atoms with Crippen LogP contribution >= 0.6 is 45.8 Å². The molecule has 0 radical (unpaired) electrons. The van der Waals surface area contributed by atoms with Crippen LogP contribution in [0.4, 0.5) is 0 Å². The number of ketones is 1. The molecule has 0 aromatic rings. The summed E-state index contributed by atoms with van der Waals surface area (Å²) >= 11 is 12.8. The van der Waals surface area contributed by atoms with E-state index in [9.17, 15) is 4.79 Å². The maximum Gasteiger partial charge on any atom is 0.209 e. The van der Waals surface area contributed by atoms with Crippen molar-refractivity contribution in [3.8, 4) is 0 Å². The molecule has 1 aliphatic rings. The van der Waals surface area contributed by atoms with E-state index in [4.69, 9.17) is 28.3 Å². The van der Waals surface area contributed by atoms with Crippen molar-refractivity contribution in [3.05, 3.63) is 9.66 Å². The van der Waals surface area contributed by atoms with Gasteiger partial charge in [0.1, 0.15) is 6.10 Å². The quantitative estimate of drug-likeness (QED) is 0.542. The number of carbonyl (C=O) groups excluding carboxylic acids is 1. The van der Waals surface area contributed by atoms with Crippen molar-refractivity contribution >= 4 is 51.6 Å². The van der Waals surface area contributed by atoms with Gasteiger partial charge in [0.15, 0.2) is 5.78 Å². The maximum atomic E-state index is 10.8. The Morgan fingerprint density at radius 3 is 2.30 bits per heavy atom. The summed E-state index contributed by atoms with van der Waals surface area (Å²) in [4.78, 5) is 10.8. The summed E-state index contributed by atoms with van der Waals surface area (Å²) in [6, 6.07) is 0. The molecule has 0 heterocycles. The third kappa shape index (κ3) is 1.20. The third-order valence-electron chi connectivity index (χ3n) is 1.20. The smallest absolute Gasteiger partial charge is 0.209 e. The number of hydrogen-bond donors (Lipinski definition) is 1. The molecule has 1 atom stereocenters. The Labute approximate surface area is 81.3 Å². The van der Waals surface area contributed by atoms with Gasteiger partial charge in [-0.05, 0) is 28.7 Å². The lowest BCUT2D eigenvalue weighted by atomic mass is 10.3. The highest BCUT2D eigenvalue weighted by atomic mass is 127. The zero-order valence-corrected chi connectivity index (χ0v) is 8.31. The fraction of sp³-hybridized carbons (Fsp3) is 0.400. The van der Waals surface area contributed by atoms with Gasteiger partial charge in [-0.3, -0.25) is 4.79 Å². The highest BCUT2D eigenvalue weighted by Crippen LogP contribution is 2.38. The van der Waals surface area contributed by atoms with Crippen molar-refractivity contribution in [2.75, 3.05) is 0 Å². The summed E-state index contributed by atoms with van der Waals surface area (Å²) in [6.45, 7) is 0. The van der Waals surface area contributed by atoms with E-state index in [1.807, 2.05) is 22.6 Å². The molecule has 0 bridgehead atoms. The molecular weight excluding hydrogens is 290 g/mol. The van der Waals surface area contributed by atoms with Gasteiger partial charge >= 0.3 is 0 Å². The van der Waals surface area contributed by atoms with E-state index in [0.29, 0.717) is 3.58 Å². The summed E-state index contributed by atoms with van der Waals surface area (Å²) in [7, 11) is 0. The molecule has 0 fully saturated rings. The van der Waals surface area contributed by atoms with Gasteiger partial charge in [-0.25, -0.2) is 0 Å². The van der Waals surface area contributed by atoms with Crippen LogP contribution in [-0.2, 0) is 4.79 Å². The zero-order valence-electron chi connectivity index (χ0n) is 4.64. The van der Waals surface area contributed by atoms with Crippen molar-refractivity contribution in [2.45, 2.75) is 10.4 Å². The average Bonchev–Trinajstić information content (AvgIpc) is 1.97. The van der Waals surface area contributed by atoms with Crippen LogP contribution < -0.4 is 0 Å². The highest BCUT2D eigenvalue weighted by Gasteiger charge is 2.46. The minimum atomic E-state index is -1.66. The van der Waals surface area contributed by atoms with Crippen LogP contribution in [0.15, 0.2) is 9.66 Å². The lowest BCUT2D eigenvalue weighted by Crippen LogP contribution is -2.32.